The van der Waals surface area contributed by atoms with Crippen molar-refractivity contribution in [3.05, 3.63) is 86.6 Å². The topological polar surface area (TPSA) is 73.2 Å². The third kappa shape index (κ3) is 3.96. The van der Waals surface area contributed by atoms with E-state index in [9.17, 15) is 9.59 Å². The summed E-state index contributed by atoms with van der Waals surface area (Å²) in [5.41, 5.74) is 2.16. The number of carbonyl (C=O) groups excluding carboxylic acids is 1. The molecule has 1 aliphatic carbocycles. The van der Waals surface area contributed by atoms with Crippen molar-refractivity contribution in [2.75, 3.05) is 12.4 Å². The van der Waals surface area contributed by atoms with E-state index >= 15 is 0 Å². The zero-order chi connectivity index (χ0) is 21.4. The summed E-state index contributed by atoms with van der Waals surface area (Å²) in [6, 6.07) is 16.6. The van der Waals surface area contributed by atoms with Crippen molar-refractivity contribution >= 4 is 33.8 Å². The van der Waals surface area contributed by atoms with Crippen LogP contribution in [0.1, 0.15) is 39.8 Å². The molecule has 2 heterocycles. The number of rotatable bonds is 6. The number of nitrogens with one attached hydrogen (secondary N) is 1. The molecule has 0 saturated heterocycles. The highest BCUT2D eigenvalue weighted by Crippen LogP contribution is 2.39. The molecule has 0 bridgehead atoms. The summed E-state index contributed by atoms with van der Waals surface area (Å²) in [7, 11) is 1.63. The molecule has 0 unspecified atom stereocenters. The van der Waals surface area contributed by atoms with Gasteiger partial charge >= 0.3 is 0 Å². The molecule has 0 spiro atoms. The van der Waals surface area contributed by atoms with Crippen LogP contribution in [0.5, 0.6) is 5.75 Å². The molecule has 31 heavy (non-hydrogen) atoms. The fourth-order valence-electron chi connectivity index (χ4n) is 3.64. The molecule has 7 heteroatoms. The van der Waals surface area contributed by atoms with Crippen LogP contribution in [0.2, 0.25) is 0 Å². The molecule has 5 rings (SSSR count). The largest absolute Gasteiger partial charge is 0.497 e. The lowest BCUT2D eigenvalue weighted by atomic mass is 10.1. The highest BCUT2D eigenvalue weighted by Gasteiger charge is 2.29. The summed E-state index contributed by atoms with van der Waals surface area (Å²) in [5.74, 6) is 1.76. The number of hydrogen-bond donors (Lipinski definition) is 1. The van der Waals surface area contributed by atoms with E-state index < -0.39 is 0 Å². The molecule has 2 aromatic heterocycles. The quantitative estimate of drug-likeness (QED) is 0.483. The van der Waals surface area contributed by atoms with Gasteiger partial charge in [0.2, 0.25) is 0 Å². The Labute approximate surface area is 183 Å². The van der Waals surface area contributed by atoms with Crippen LogP contribution in [0.15, 0.2) is 64.8 Å². The number of nitrogens with zero attached hydrogens (tertiary/aromatic N) is 2. The summed E-state index contributed by atoms with van der Waals surface area (Å²) >= 11 is 1.38. The maximum Gasteiger partial charge on any atom is 0.265 e. The van der Waals surface area contributed by atoms with Crippen molar-refractivity contribution < 1.29 is 9.53 Å². The van der Waals surface area contributed by atoms with E-state index in [1.165, 1.54) is 11.3 Å². The smallest absolute Gasteiger partial charge is 0.265 e. The van der Waals surface area contributed by atoms with Gasteiger partial charge in [-0.3, -0.25) is 14.2 Å². The number of amides is 1. The number of fused-ring (bicyclic) bond motifs is 1. The predicted octanol–water partition coefficient (Wildman–Crippen LogP) is 4.64. The number of thiophene rings is 1. The minimum Gasteiger partial charge on any atom is -0.497 e. The van der Waals surface area contributed by atoms with Crippen LogP contribution in [-0.4, -0.2) is 22.6 Å². The van der Waals surface area contributed by atoms with Crippen LogP contribution in [0.25, 0.3) is 10.9 Å². The Hall–Kier alpha value is -3.45. The average molecular weight is 432 g/mol. The van der Waals surface area contributed by atoms with Gasteiger partial charge in [0.15, 0.2) is 0 Å². The second-order valence-corrected chi connectivity index (χ2v) is 8.59. The lowest BCUT2D eigenvalue weighted by molar-refractivity contribution is 0.103. The molecule has 1 fully saturated rings. The molecule has 0 radical (unpaired) electrons. The van der Waals surface area contributed by atoms with E-state index in [4.69, 9.17) is 9.72 Å². The van der Waals surface area contributed by atoms with Crippen molar-refractivity contribution in [2.45, 2.75) is 25.3 Å². The van der Waals surface area contributed by atoms with Gasteiger partial charge < -0.3 is 10.1 Å². The van der Waals surface area contributed by atoms with E-state index in [0.29, 0.717) is 33.9 Å². The lowest BCUT2D eigenvalue weighted by Crippen LogP contribution is -2.26. The van der Waals surface area contributed by atoms with Crippen molar-refractivity contribution in [3.8, 4) is 5.75 Å². The van der Waals surface area contributed by atoms with E-state index in [1.54, 1.807) is 29.9 Å². The summed E-state index contributed by atoms with van der Waals surface area (Å²) in [4.78, 5) is 31.3. The molecule has 1 N–H and O–H groups in total. The molecule has 0 atom stereocenters. The van der Waals surface area contributed by atoms with Crippen LogP contribution in [-0.2, 0) is 6.54 Å². The Morgan fingerprint density at radius 1 is 1.19 bits per heavy atom. The summed E-state index contributed by atoms with van der Waals surface area (Å²) < 4.78 is 7.00. The number of benzene rings is 2. The third-order valence-corrected chi connectivity index (χ3v) is 6.30. The molecule has 1 amide bonds. The predicted molar refractivity (Wildman–Crippen MR) is 122 cm³/mol. The van der Waals surface area contributed by atoms with E-state index in [2.05, 4.69) is 5.32 Å². The Kier molecular flexibility index (Phi) is 5.03. The van der Waals surface area contributed by atoms with Crippen LogP contribution in [0.4, 0.5) is 5.69 Å². The molecule has 0 aliphatic heterocycles. The monoisotopic (exact) mass is 431 g/mol. The molecular formula is C24H21N3O3S. The van der Waals surface area contributed by atoms with Crippen LogP contribution < -0.4 is 15.6 Å². The number of ether oxygens (including phenoxy) is 1. The van der Waals surface area contributed by atoms with Crippen molar-refractivity contribution in [1.82, 2.24) is 9.55 Å². The van der Waals surface area contributed by atoms with E-state index in [1.807, 2.05) is 41.8 Å². The van der Waals surface area contributed by atoms with Crippen molar-refractivity contribution in [2.24, 2.45) is 0 Å². The fourth-order valence-corrected chi connectivity index (χ4v) is 4.25. The number of carbonyl (C=O) groups is 1. The van der Waals surface area contributed by atoms with Crippen LogP contribution in [0.3, 0.4) is 0 Å². The first-order chi connectivity index (χ1) is 15.1. The number of methoxy groups -OCH3 is 1. The summed E-state index contributed by atoms with van der Waals surface area (Å²) in [5, 5.41) is 5.24. The maximum absolute atomic E-state index is 13.5. The zero-order valence-corrected chi connectivity index (χ0v) is 17.8. The Morgan fingerprint density at radius 3 is 2.68 bits per heavy atom. The van der Waals surface area contributed by atoms with Gasteiger partial charge in [0.1, 0.15) is 11.6 Å². The van der Waals surface area contributed by atoms with Gasteiger partial charge in [0.05, 0.1) is 29.4 Å². The van der Waals surface area contributed by atoms with Gasteiger partial charge in [0.25, 0.3) is 11.5 Å². The molecule has 6 nitrogen and oxygen atoms in total. The fraction of sp³-hybridized carbons (Fsp3) is 0.208. The molecule has 156 valence electrons. The SMILES string of the molecule is COc1ccc(Cn2c(C3CC3)nc3ccc(NC(=O)c4cccs4)cc3c2=O)cc1. The highest BCUT2D eigenvalue weighted by molar-refractivity contribution is 7.12. The summed E-state index contributed by atoms with van der Waals surface area (Å²) in [6.07, 6.45) is 2.10. The molecular weight excluding hydrogens is 410 g/mol. The number of hydrogen-bond acceptors (Lipinski definition) is 5. The van der Waals surface area contributed by atoms with Gasteiger partial charge in [-0.2, -0.15) is 0 Å². The Balaban J connectivity index is 1.53. The van der Waals surface area contributed by atoms with Gasteiger partial charge in [-0.15, -0.1) is 11.3 Å². The highest BCUT2D eigenvalue weighted by atomic mass is 32.1. The van der Waals surface area contributed by atoms with Crippen LogP contribution >= 0.6 is 11.3 Å². The second-order valence-electron chi connectivity index (χ2n) is 7.65. The first-order valence-corrected chi connectivity index (χ1v) is 11.0. The normalized spacial score (nSPS) is 13.3. The molecule has 4 aromatic rings. The summed E-state index contributed by atoms with van der Waals surface area (Å²) in [6.45, 7) is 0.448. The zero-order valence-electron chi connectivity index (χ0n) is 17.0. The lowest BCUT2D eigenvalue weighted by Gasteiger charge is -2.14. The molecule has 2 aromatic carbocycles. The minimum absolute atomic E-state index is 0.0880. The van der Waals surface area contributed by atoms with E-state index in [-0.39, 0.29) is 11.5 Å². The van der Waals surface area contributed by atoms with Crippen molar-refractivity contribution in [3.63, 3.8) is 0 Å². The first kappa shape index (κ1) is 19.5. The first-order valence-electron chi connectivity index (χ1n) is 10.1. The Bertz CT molecular complexity index is 1310. The maximum atomic E-state index is 13.5. The van der Waals surface area contributed by atoms with E-state index in [0.717, 1.165) is 30.0 Å². The minimum atomic E-state index is -0.185. The molecule has 1 saturated carbocycles. The molecule has 1 aliphatic rings. The van der Waals surface area contributed by atoms with Gasteiger partial charge in [-0.25, -0.2) is 4.98 Å². The van der Waals surface area contributed by atoms with Gasteiger partial charge in [-0.05, 0) is 60.2 Å². The average Bonchev–Trinajstić information content (AvgIpc) is 3.48. The van der Waals surface area contributed by atoms with Crippen molar-refractivity contribution in [1.29, 1.82) is 0 Å². The standard InChI is InChI=1S/C24H21N3O3S/c1-30-18-9-4-15(5-10-18)14-27-22(16-6-7-16)26-20-11-8-17(13-19(20)24(27)29)25-23(28)21-3-2-12-31-21/h2-5,8-13,16H,6-7,14H2,1H3,(H,25,28). The number of anilines is 1. The Morgan fingerprint density at radius 2 is 2.00 bits per heavy atom. The number of aromatic nitrogens is 2. The van der Waals surface area contributed by atoms with Gasteiger partial charge in [-0.1, -0.05) is 18.2 Å². The van der Waals surface area contributed by atoms with Gasteiger partial charge in [0, 0.05) is 11.6 Å². The second kappa shape index (κ2) is 8.00. The van der Waals surface area contributed by atoms with Crippen LogP contribution in [0, 0.1) is 0 Å². The third-order valence-electron chi connectivity index (χ3n) is 5.43.